The highest BCUT2D eigenvalue weighted by atomic mass is 14.7. The molecule has 2 saturated carbocycles. The Balaban J connectivity index is 1.98. The van der Waals surface area contributed by atoms with E-state index in [4.69, 9.17) is 0 Å². The summed E-state index contributed by atoms with van der Waals surface area (Å²) in [7, 11) is 0. The van der Waals surface area contributed by atoms with Crippen molar-refractivity contribution in [1.29, 1.82) is 0 Å². The summed E-state index contributed by atoms with van der Waals surface area (Å²) in [4.78, 5) is 0. The summed E-state index contributed by atoms with van der Waals surface area (Å²) in [6, 6.07) is 0. The van der Waals surface area contributed by atoms with Gasteiger partial charge in [-0.15, -0.1) is 0 Å². The third-order valence-corrected chi connectivity index (χ3v) is 4.54. The maximum absolute atomic E-state index is 2.48. The molecule has 0 bridgehead atoms. The standard InChI is InChI=1S/C12H21/c1-5-9-7-12(9,4)10-8-11(10,3)6-2/h9H,5-8H2,1-4H3. The Bertz CT molecular complexity index is 196. The molecule has 69 valence electrons. The lowest BCUT2D eigenvalue weighted by Gasteiger charge is -2.14. The second-order valence-electron chi connectivity index (χ2n) is 5.30. The molecule has 2 rings (SSSR count). The van der Waals surface area contributed by atoms with Gasteiger partial charge in [0.1, 0.15) is 0 Å². The van der Waals surface area contributed by atoms with E-state index >= 15 is 0 Å². The minimum absolute atomic E-state index is 0.651. The highest BCUT2D eigenvalue weighted by molar-refractivity contribution is 5.35. The van der Waals surface area contributed by atoms with Gasteiger partial charge in [0.15, 0.2) is 0 Å². The largest absolute Gasteiger partial charge is 0.0651 e. The highest BCUT2D eigenvalue weighted by Crippen LogP contribution is 2.75. The van der Waals surface area contributed by atoms with Gasteiger partial charge in [-0.25, -0.2) is 0 Å². The Morgan fingerprint density at radius 2 is 2.00 bits per heavy atom. The first-order valence-electron chi connectivity index (χ1n) is 5.43. The molecule has 0 saturated heterocycles. The van der Waals surface area contributed by atoms with Crippen molar-refractivity contribution in [3.05, 3.63) is 5.92 Å². The summed E-state index contributed by atoms with van der Waals surface area (Å²) in [5, 5.41) is 0. The van der Waals surface area contributed by atoms with Crippen molar-refractivity contribution in [2.45, 2.75) is 53.4 Å². The Hall–Kier alpha value is 0. The van der Waals surface area contributed by atoms with Crippen molar-refractivity contribution in [1.82, 2.24) is 0 Å². The van der Waals surface area contributed by atoms with Crippen LogP contribution in [0.1, 0.15) is 53.4 Å². The molecule has 0 amide bonds. The maximum atomic E-state index is 2.48. The molecule has 0 heterocycles. The van der Waals surface area contributed by atoms with Crippen LogP contribution in [0, 0.1) is 22.7 Å². The van der Waals surface area contributed by atoms with Crippen molar-refractivity contribution in [3.8, 4) is 0 Å². The van der Waals surface area contributed by atoms with E-state index in [1.165, 1.54) is 25.7 Å². The fourth-order valence-electron chi connectivity index (χ4n) is 2.99. The Kier molecular flexibility index (Phi) is 1.63. The van der Waals surface area contributed by atoms with Gasteiger partial charge in [0.05, 0.1) is 0 Å². The smallest absolute Gasteiger partial charge is 0.0114 e. The summed E-state index contributed by atoms with van der Waals surface area (Å²) in [6.45, 7) is 9.60. The van der Waals surface area contributed by atoms with E-state index in [0.717, 1.165) is 5.92 Å². The van der Waals surface area contributed by atoms with Crippen LogP contribution in [0.5, 0.6) is 0 Å². The minimum atomic E-state index is 0.651. The van der Waals surface area contributed by atoms with Crippen LogP contribution in [0.25, 0.3) is 0 Å². The van der Waals surface area contributed by atoms with Crippen LogP contribution in [0.2, 0.25) is 0 Å². The second kappa shape index (κ2) is 2.27. The topological polar surface area (TPSA) is 0 Å². The van der Waals surface area contributed by atoms with E-state index in [0.29, 0.717) is 10.8 Å². The van der Waals surface area contributed by atoms with E-state index < -0.39 is 0 Å². The van der Waals surface area contributed by atoms with Gasteiger partial charge in [-0.1, -0.05) is 40.5 Å². The molecule has 0 aromatic rings. The predicted octanol–water partition coefficient (Wildman–Crippen LogP) is 3.82. The van der Waals surface area contributed by atoms with Gasteiger partial charge in [-0.2, -0.15) is 0 Å². The minimum Gasteiger partial charge on any atom is -0.0651 e. The molecule has 0 nitrogen and oxygen atoms in total. The molecule has 0 heteroatoms. The van der Waals surface area contributed by atoms with Crippen molar-refractivity contribution in [2.75, 3.05) is 0 Å². The molecule has 0 N–H and O–H groups in total. The molecule has 2 aliphatic rings. The lowest BCUT2D eigenvalue weighted by atomic mass is 9.91. The zero-order valence-electron chi connectivity index (χ0n) is 8.91. The first-order valence-corrected chi connectivity index (χ1v) is 5.43. The Labute approximate surface area is 76.7 Å². The third-order valence-electron chi connectivity index (χ3n) is 4.54. The normalized spacial score (nSPS) is 52.5. The molecule has 1 radical (unpaired) electrons. The van der Waals surface area contributed by atoms with Crippen LogP contribution >= 0.6 is 0 Å². The van der Waals surface area contributed by atoms with Gasteiger partial charge in [0.2, 0.25) is 0 Å². The quantitative estimate of drug-likeness (QED) is 0.596. The van der Waals surface area contributed by atoms with Crippen LogP contribution in [0.4, 0.5) is 0 Å². The van der Waals surface area contributed by atoms with Crippen LogP contribution < -0.4 is 0 Å². The van der Waals surface area contributed by atoms with Crippen LogP contribution in [-0.2, 0) is 0 Å². The zero-order chi connectivity index (χ0) is 8.98. The zero-order valence-corrected chi connectivity index (χ0v) is 8.91. The van der Waals surface area contributed by atoms with E-state index in [2.05, 4.69) is 27.7 Å². The molecule has 0 aliphatic heterocycles. The Morgan fingerprint density at radius 3 is 2.33 bits per heavy atom. The summed E-state index contributed by atoms with van der Waals surface area (Å²) in [5.74, 6) is 2.92. The monoisotopic (exact) mass is 165 g/mol. The van der Waals surface area contributed by atoms with Crippen LogP contribution in [-0.4, -0.2) is 0 Å². The van der Waals surface area contributed by atoms with Gasteiger partial charge in [0, 0.05) is 0 Å². The molecule has 0 spiro atoms. The van der Waals surface area contributed by atoms with E-state index in [-0.39, 0.29) is 0 Å². The molecule has 0 aromatic heterocycles. The van der Waals surface area contributed by atoms with Crippen molar-refractivity contribution in [2.24, 2.45) is 16.7 Å². The first kappa shape index (κ1) is 8.59. The van der Waals surface area contributed by atoms with Gasteiger partial charge >= 0.3 is 0 Å². The van der Waals surface area contributed by atoms with Crippen molar-refractivity contribution in [3.63, 3.8) is 0 Å². The van der Waals surface area contributed by atoms with E-state index in [9.17, 15) is 0 Å². The van der Waals surface area contributed by atoms with E-state index in [1.807, 2.05) is 5.92 Å². The number of rotatable bonds is 3. The van der Waals surface area contributed by atoms with Gasteiger partial charge in [-0.3, -0.25) is 0 Å². The van der Waals surface area contributed by atoms with E-state index in [1.54, 1.807) is 0 Å². The molecule has 12 heavy (non-hydrogen) atoms. The summed E-state index contributed by atoms with van der Waals surface area (Å²) < 4.78 is 0. The fraction of sp³-hybridized carbons (Fsp3) is 0.917. The van der Waals surface area contributed by atoms with Crippen LogP contribution in [0.3, 0.4) is 0 Å². The van der Waals surface area contributed by atoms with Crippen molar-refractivity contribution < 1.29 is 0 Å². The molecule has 2 aliphatic carbocycles. The average molecular weight is 165 g/mol. The molecular formula is C12H21. The maximum Gasteiger partial charge on any atom is -0.0114 e. The molecule has 0 aromatic carbocycles. The molecule has 2 fully saturated rings. The van der Waals surface area contributed by atoms with Crippen LogP contribution in [0.15, 0.2) is 0 Å². The molecule has 3 unspecified atom stereocenters. The third kappa shape index (κ3) is 0.963. The summed E-state index contributed by atoms with van der Waals surface area (Å²) in [5.41, 5.74) is 1.33. The van der Waals surface area contributed by atoms with Gasteiger partial charge in [-0.05, 0) is 35.5 Å². The fourth-order valence-corrected chi connectivity index (χ4v) is 2.99. The molecule has 3 atom stereocenters. The summed E-state index contributed by atoms with van der Waals surface area (Å²) in [6.07, 6.45) is 5.65. The van der Waals surface area contributed by atoms with Gasteiger partial charge < -0.3 is 0 Å². The highest BCUT2D eigenvalue weighted by Gasteiger charge is 2.66. The lowest BCUT2D eigenvalue weighted by molar-refractivity contribution is 0.471. The number of hydrogen-bond donors (Lipinski definition) is 0. The first-order chi connectivity index (χ1) is 5.57. The average Bonchev–Trinajstić information content (AvgIpc) is 2.90. The number of hydrogen-bond acceptors (Lipinski definition) is 0. The van der Waals surface area contributed by atoms with Crippen molar-refractivity contribution >= 4 is 0 Å². The SMILES string of the molecule is CCC1CC1(C)[C]1CC1(C)CC. The lowest BCUT2D eigenvalue weighted by Crippen LogP contribution is -2.06. The summed E-state index contributed by atoms with van der Waals surface area (Å²) >= 11 is 0. The Morgan fingerprint density at radius 1 is 1.33 bits per heavy atom. The predicted molar refractivity (Wildman–Crippen MR) is 52.8 cm³/mol. The van der Waals surface area contributed by atoms with Gasteiger partial charge in [0.25, 0.3) is 0 Å². The second-order valence-corrected chi connectivity index (χ2v) is 5.30. The molecular weight excluding hydrogens is 144 g/mol.